The van der Waals surface area contributed by atoms with E-state index >= 15 is 0 Å². The SMILES string of the molecule is O=C(C1CC1)N1CCc2ccc(S(=O)(=O)N3CCCCC3)cc2C1. The lowest BCUT2D eigenvalue weighted by atomic mass is 9.99. The molecule has 2 fully saturated rings. The van der Waals surface area contributed by atoms with E-state index in [1.807, 2.05) is 11.0 Å². The number of sulfonamides is 1. The van der Waals surface area contributed by atoms with Gasteiger partial charge in [0.05, 0.1) is 4.90 Å². The summed E-state index contributed by atoms with van der Waals surface area (Å²) in [6.45, 7) is 2.53. The molecule has 1 aliphatic carbocycles. The monoisotopic (exact) mass is 348 g/mol. The molecule has 1 amide bonds. The van der Waals surface area contributed by atoms with E-state index in [9.17, 15) is 13.2 Å². The van der Waals surface area contributed by atoms with Crippen molar-refractivity contribution in [2.75, 3.05) is 19.6 Å². The van der Waals surface area contributed by atoms with Crippen molar-refractivity contribution in [1.29, 1.82) is 0 Å². The zero-order valence-corrected chi connectivity index (χ0v) is 14.7. The van der Waals surface area contributed by atoms with Crippen molar-refractivity contribution in [3.05, 3.63) is 29.3 Å². The van der Waals surface area contributed by atoms with E-state index in [1.54, 1.807) is 16.4 Å². The Morgan fingerprint density at radius 3 is 2.46 bits per heavy atom. The van der Waals surface area contributed by atoms with Gasteiger partial charge in [-0.1, -0.05) is 12.5 Å². The zero-order chi connectivity index (χ0) is 16.7. The van der Waals surface area contributed by atoms with E-state index in [-0.39, 0.29) is 11.8 Å². The second-order valence-corrected chi connectivity index (χ2v) is 9.12. The number of benzene rings is 1. The highest BCUT2D eigenvalue weighted by Crippen LogP contribution is 2.33. The fourth-order valence-electron chi connectivity index (χ4n) is 3.72. The Balaban J connectivity index is 1.58. The second-order valence-electron chi connectivity index (χ2n) is 7.18. The molecule has 0 spiro atoms. The van der Waals surface area contributed by atoms with Crippen LogP contribution in [0.15, 0.2) is 23.1 Å². The standard InChI is InChI=1S/C18H24N2O3S/c21-18(15-4-5-15)19-11-8-14-6-7-17(12-16(14)13-19)24(22,23)20-9-2-1-3-10-20/h6-7,12,15H,1-5,8-11,13H2. The molecule has 2 heterocycles. The average molecular weight is 348 g/mol. The molecule has 130 valence electrons. The highest BCUT2D eigenvalue weighted by atomic mass is 32.2. The van der Waals surface area contributed by atoms with Crippen LogP contribution in [0.25, 0.3) is 0 Å². The first-order valence-corrected chi connectivity index (χ1v) is 10.4. The smallest absolute Gasteiger partial charge is 0.243 e. The fraction of sp³-hybridized carbons (Fsp3) is 0.611. The van der Waals surface area contributed by atoms with E-state index in [4.69, 9.17) is 0 Å². The van der Waals surface area contributed by atoms with Crippen molar-refractivity contribution < 1.29 is 13.2 Å². The third-order valence-electron chi connectivity index (χ3n) is 5.38. The summed E-state index contributed by atoms with van der Waals surface area (Å²) in [6.07, 6.45) is 5.81. The molecule has 1 aromatic rings. The van der Waals surface area contributed by atoms with Gasteiger partial charge in [0.15, 0.2) is 0 Å². The van der Waals surface area contributed by atoms with Crippen molar-refractivity contribution >= 4 is 15.9 Å². The summed E-state index contributed by atoms with van der Waals surface area (Å²) >= 11 is 0. The Morgan fingerprint density at radius 2 is 1.75 bits per heavy atom. The molecule has 4 rings (SSSR count). The van der Waals surface area contributed by atoms with Crippen molar-refractivity contribution in [2.24, 2.45) is 5.92 Å². The van der Waals surface area contributed by atoms with Crippen molar-refractivity contribution in [3.8, 4) is 0 Å². The number of hydrogen-bond donors (Lipinski definition) is 0. The number of amides is 1. The maximum Gasteiger partial charge on any atom is 0.243 e. The summed E-state index contributed by atoms with van der Waals surface area (Å²) in [6, 6.07) is 5.47. The predicted octanol–water partition coefficient (Wildman–Crippen LogP) is 2.16. The van der Waals surface area contributed by atoms with Crippen LogP contribution in [0.2, 0.25) is 0 Å². The lowest BCUT2D eigenvalue weighted by Gasteiger charge is -2.30. The Hall–Kier alpha value is -1.40. The Labute approximate surface area is 143 Å². The van der Waals surface area contributed by atoms with Crippen LogP contribution in [0.1, 0.15) is 43.2 Å². The molecule has 0 atom stereocenters. The van der Waals surface area contributed by atoms with Gasteiger partial charge in [-0.25, -0.2) is 8.42 Å². The minimum Gasteiger partial charge on any atom is -0.338 e. The van der Waals surface area contributed by atoms with Gasteiger partial charge in [0, 0.05) is 32.1 Å². The molecular formula is C18H24N2O3S. The molecule has 6 heteroatoms. The van der Waals surface area contributed by atoms with Gasteiger partial charge in [-0.2, -0.15) is 4.31 Å². The minimum atomic E-state index is -3.41. The predicted molar refractivity (Wildman–Crippen MR) is 90.9 cm³/mol. The van der Waals surface area contributed by atoms with Crippen LogP contribution in [-0.2, 0) is 27.8 Å². The maximum absolute atomic E-state index is 12.9. The first kappa shape index (κ1) is 16.1. The van der Waals surface area contributed by atoms with Crippen LogP contribution < -0.4 is 0 Å². The lowest BCUT2D eigenvalue weighted by molar-refractivity contribution is -0.133. The molecule has 0 N–H and O–H groups in total. The van der Waals surface area contributed by atoms with Crippen LogP contribution in [0, 0.1) is 5.92 Å². The largest absolute Gasteiger partial charge is 0.338 e. The number of carbonyl (C=O) groups excluding carboxylic acids is 1. The summed E-state index contributed by atoms with van der Waals surface area (Å²) in [5, 5.41) is 0. The molecule has 1 aromatic carbocycles. The summed E-state index contributed by atoms with van der Waals surface area (Å²) in [4.78, 5) is 14.6. The normalized spacial score (nSPS) is 22.2. The van der Waals surface area contributed by atoms with Crippen LogP contribution in [0.3, 0.4) is 0 Å². The van der Waals surface area contributed by atoms with Gasteiger partial charge >= 0.3 is 0 Å². The van der Waals surface area contributed by atoms with E-state index in [1.165, 1.54) is 5.56 Å². The van der Waals surface area contributed by atoms with Crippen LogP contribution >= 0.6 is 0 Å². The first-order valence-electron chi connectivity index (χ1n) is 8.96. The van der Waals surface area contributed by atoms with Gasteiger partial charge < -0.3 is 4.90 Å². The molecule has 5 nitrogen and oxygen atoms in total. The number of hydrogen-bond acceptors (Lipinski definition) is 3. The minimum absolute atomic E-state index is 0.215. The van der Waals surface area contributed by atoms with Gasteiger partial charge in [-0.15, -0.1) is 0 Å². The Kier molecular flexibility index (Phi) is 4.12. The van der Waals surface area contributed by atoms with E-state index in [0.717, 1.165) is 50.6 Å². The van der Waals surface area contributed by atoms with E-state index < -0.39 is 10.0 Å². The summed E-state index contributed by atoms with van der Waals surface area (Å²) < 4.78 is 27.3. The topological polar surface area (TPSA) is 57.7 Å². The van der Waals surface area contributed by atoms with Crippen molar-refractivity contribution in [2.45, 2.75) is 50.0 Å². The number of carbonyl (C=O) groups is 1. The van der Waals surface area contributed by atoms with Crippen LogP contribution in [0.4, 0.5) is 0 Å². The van der Waals surface area contributed by atoms with Gasteiger partial charge in [0.1, 0.15) is 0 Å². The zero-order valence-electron chi connectivity index (χ0n) is 13.9. The molecule has 0 radical (unpaired) electrons. The molecule has 3 aliphatic rings. The van der Waals surface area contributed by atoms with Gasteiger partial charge in [0.2, 0.25) is 15.9 Å². The molecular weight excluding hydrogens is 324 g/mol. The molecule has 1 saturated heterocycles. The second kappa shape index (κ2) is 6.15. The molecule has 0 aromatic heterocycles. The molecule has 0 unspecified atom stereocenters. The quantitative estimate of drug-likeness (QED) is 0.841. The fourth-order valence-corrected chi connectivity index (χ4v) is 5.29. The summed E-state index contributed by atoms with van der Waals surface area (Å²) in [5.74, 6) is 0.455. The van der Waals surface area contributed by atoms with Gasteiger partial charge in [0.25, 0.3) is 0 Å². The summed E-state index contributed by atoms with van der Waals surface area (Å²) in [7, 11) is -3.41. The molecule has 24 heavy (non-hydrogen) atoms. The van der Waals surface area contributed by atoms with Crippen LogP contribution in [0.5, 0.6) is 0 Å². The molecule has 2 aliphatic heterocycles. The number of rotatable bonds is 3. The first-order chi connectivity index (χ1) is 11.6. The Morgan fingerprint density at radius 1 is 1.00 bits per heavy atom. The molecule has 0 bridgehead atoms. The summed E-state index contributed by atoms with van der Waals surface area (Å²) in [5.41, 5.74) is 2.17. The van der Waals surface area contributed by atoms with E-state index in [2.05, 4.69) is 0 Å². The van der Waals surface area contributed by atoms with Crippen molar-refractivity contribution in [1.82, 2.24) is 9.21 Å². The average Bonchev–Trinajstić information content (AvgIpc) is 3.46. The highest BCUT2D eigenvalue weighted by molar-refractivity contribution is 7.89. The lowest BCUT2D eigenvalue weighted by Crippen LogP contribution is -2.38. The molecule has 1 saturated carbocycles. The third-order valence-corrected chi connectivity index (χ3v) is 7.28. The Bertz CT molecular complexity index is 750. The van der Waals surface area contributed by atoms with Gasteiger partial charge in [-0.05, 0) is 55.4 Å². The van der Waals surface area contributed by atoms with Crippen molar-refractivity contribution in [3.63, 3.8) is 0 Å². The maximum atomic E-state index is 12.9. The van der Waals surface area contributed by atoms with Crippen LogP contribution in [-0.4, -0.2) is 43.2 Å². The number of nitrogens with zero attached hydrogens (tertiary/aromatic N) is 2. The number of piperidine rings is 1. The number of fused-ring (bicyclic) bond motifs is 1. The van der Waals surface area contributed by atoms with Gasteiger partial charge in [-0.3, -0.25) is 4.79 Å². The third kappa shape index (κ3) is 2.97. The highest BCUT2D eigenvalue weighted by Gasteiger charge is 2.35. The van der Waals surface area contributed by atoms with E-state index in [0.29, 0.717) is 24.5 Å².